The molecule has 1 unspecified atom stereocenters. The van der Waals surface area contributed by atoms with Crippen LogP contribution in [0.2, 0.25) is 0 Å². The number of halogens is 1. The van der Waals surface area contributed by atoms with Crippen LogP contribution in [0.3, 0.4) is 0 Å². The number of pyridine rings is 1. The lowest BCUT2D eigenvalue weighted by Gasteiger charge is -2.18. The summed E-state index contributed by atoms with van der Waals surface area (Å²) in [6.07, 6.45) is 5.40. The molecule has 2 rings (SSSR count). The number of aliphatic hydroxyl groups excluding tert-OH is 1. The van der Waals surface area contributed by atoms with E-state index in [9.17, 15) is 0 Å². The zero-order valence-corrected chi connectivity index (χ0v) is 11.7. The lowest BCUT2D eigenvalue weighted by Crippen LogP contribution is -2.04. The number of hydrogen-bond donors (Lipinski definition) is 1. The molecular formula is C15H16BrNO. The smallest absolute Gasteiger partial charge is 0.0431 e. The summed E-state index contributed by atoms with van der Waals surface area (Å²) < 4.78 is 1.07. The first-order valence-corrected chi connectivity index (χ1v) is 6.87. The van der Waals surface area contributed by atoms with Crippen molar-refractivity contribution in [1.29, 1.82) is 0 Å². The first-order chi connectivity index (χ1) is 8.83. The average Bonchev–Trinajstić information content (AvgIpc) is 2.42. The quantitative estimate of drug-likeness (QED) is 0.912. The molecule has 1 N–H and O–H groups in total. The molecule has 1 heterocycles. The Hall–Kier alpha value is -1.19. The third-order valence-electron chi connectivity index (χ3n) is 3.02. The Morgan fingerprint density at radius 1 is 1.17 bits per heavy atom. The Morgan fingerprint density at radius 3 is 2.61 bits per heavy atom. The minimum atomic E-state index is 0.223. The molecule has 2 aromatic rings. The molecule has 1 aromatic heterocycles. The predicted molar refractivity (Wildman–Crippen MR) is 76.5 cm³/mol. The number of hydrogen-bond acceptors (Lipinski definition) is 2. The number of aliphatic hydroxyl groups is 1. The summed E-state index contributed by atoms with van der Waals surface area (Å²) in [6, 6.07) is 12.3. The van der Waals surface area contributed by atoms with Crippen LogP contribution >= 0.6 is 15.9 Å². The van der Waals surface area contributed by atoms with E-state index in [0.29, 0.717) is 0 Å². The second kappa shape index (κ2) is 6.66. The van der Waals surface area contributed by atoms with Crippen LogP contribution < -0.4 is 0 Å². The fourth-order valence-electron chi connectivity index (χ4n) is 2.13. The second-order valence-electron chi connectivity index (χ2n) is 4.23. The first kappa shape index (κ1) is 13.2. The molecule has 0 saturated carbocycles. The molecule has 0 amide bonds. The van der Waals surface area contributed by atoms with Crippen LogP contribution in [-0.4, -0.2) is 16.7 Å². The van der Waals surface area contributed by atoms with Crippen LogP contribution in [0, 0.1) is 0 Å². The van der Waals surface area contributed by atoms with Crippen molar-refractivity contribution >= 4 is 15.9 Å². The zero-order valence-electron chi connectivity index (χ0n) is 10.1. The van der Waals surface area contributed by atoms with Gasteiger partial charge in [-0.05, 0) is 30.0 Å². The van der Waals surface area contributed by atoms with E-state index < -0.39 is 0 Å². The Bertz CT molecular complexity index is 487. The van der Waals surface area contributed by atoms with Gasteiger partial charge in [0.05, 0.1) is 0 Å². The summed E-state index contributed by atoms with van der Waals surface area (Å²) >= 11 is 3.58. The molecule has 0 radical (unpaired) electrons. The van der Waals surface area contributed by atoms with E-state index in [4.69, 9.17) is 5.11 Å². The summed E-state index contributed by atoms with van der Waals surface area (Å²) in [5, 5.41) is 9.05. The van der Waals surface area contributed by atoms with Crippen molar-refractivity contribution in [2.24, 2.45) is 0 Å². The molecular weight excluding hydrogens is 290 g/mol. The molecule has 1 aromatic carbocycles. The monoisotopic (exact) mass is 305 g/mol. The van der Waals surface area contributed by atoms with Gasteiger partial charge in [0.15, 0.2) is 0 Å². The maximum absolute atomic E-state index is 9.05. The topological polar surface area (TPSA) is 33.1 Å². The van der Waals surface area contributed by atoms with E-state index in [1.165, 1.54) is 11.1 Å². The summed E-state index contributed by atoms with van der Waals surface area (Å²) in [6.45, 7) is 0.223. The zero-order chi connectivity index (χ0) is 12.8. The van der Waals surface area contributed by atoms with Crippen molar-refractivity contribution in [3.63, 3.8) is 0 Å². The summed E-state index contributed by atoms with van der Waals surface area (Å²) in [7, 11) is 0. The summed E-state index contributed by atoms with van der Waals surface area (Å²) in [5.41, 5.74) is 2.44. The summed E-state index contributed by atoms with van der Waals surface area (Å²) in [4.78, 5) is 4.21. The van der Waals surface area contributed by atoms with Crippen molar-refractivity contribution in [1.82, 2.24) is 4.98 Å². The Kier molecular flexibility index (Phi) is 4.90. The van der Waals surface area contributed by atoms with Crippen LogP contribution in [-0.2, 0) is 0 Å². The molecule has 3 heteroatoms. The molecule has 0 aliphatic rings. The molecule has 0 aliphatic carbocycles. The van der Waals surface area contributed by atoms with Crippen LogP contribution in [0.1, 0.15) is 29.9 Å². The lowest BCUT2D eigenvalue weighted by molar-refractivity contribution is 0.282. The fraction of sp³-hybridized carbons (Fsp3) is 0.267. The van der Waals surface area contributed by atoms with Crippen molar-refractivity contribution < 1.29 is 5.11 Å². The molecule has 0 spiro atoms. The molecule has 94 valence electrons. The van der Waals surface area contributed by atoms with Gasteiger partial charge in [-0.25, -0.2) is 0 Å². The van der Waals surface area contributed by atoms with Crippen molar-refractivity contribution in [2.45, 2.75) is 18.8 Å². The van der Waals surface area contributed by atoms with Crippen LogP contribution in [0.4, 0.5) is 0 Å². The first-order valence-electron chi connectivity index (χ1n) is 6.08. The second-order valence-corrected chi connectivity index (χ2v) is 5.08. The van der Waals surface area contributed by atoms with Gasteiger partial charge in [0.1, 0.15) is 0 Å². The number of aromatic nitrogens is 1. The highest BCUT2D eigenvalue weighted by Crippen LogP contribution is 2.33. The predicted octanol–water partition coefficient (Wildman–Crippen LogP) is 3.75. The van der Waals surface area contributed by atoms with Gasteiger partial charge >= 0.3 is 0 Å². The minimum Gasteiger partial charge on any atom is -0.396 e. The van der Waals surface area contributed by atoms with Gasteiger partial charge in [-0.1, -0.05) is 46.3 Å². The highest BCUT2D eigenvalue weighted by molar-refractivity contribution is 9.10. The molecule has 0 aliphatic heterocycles. The molecule has 18 heavy (non-hydrogen) atoms. The number of benzene rings is 1. The van der Waals surface area contributed by atoms with E-state index in [1.54, 1.807) is 6.20 Å². The Labute approximate surface area is 116 Å². The van der Waals surface area contributed by atoms with Crippen molar-refractivity contribution in [2.75, 3.05) is 6.61 Å². The van der Waals surface area contributed by atoms with Gasteiger partial charge < -0.3 is 5.11 Å². The molecule has 0 bridgehead atoms. The van der Waals surface area contributed by atoms with E-state index >= 15 is 0 Å². The van der Waals surface area contributed by atoms with E-state index in [-0.39, 0.29) is 12.5 Å². The normalized spacial score (nSPS) is 12.3. The highest BCUT2D eigenvalue weighted by Gasteiger charge is 2.16. The van der Waals surface area contributed by atoms with Crippen molar-refractivity contribution in [3.8, 4) is 0 Å². The molecule has 1 atom stereocenters. The minimum absolute atomic E-state index is 0.223. The van der Waals surface area contributed by atoms with Crippen LogP contribution in [0.25, 0.3) is 0 Å². The van der Waals surface area contributed by atoms with Gasteiger partial charge in [-0.15, -0.1) is 0 Å². The van der Waals surface area contributed by atoms with Crippen LogP contribution in [0.5, 0.6) is 0 Å². The number of nitrogens with zero attached hydrogens (tertiary/aromatic N) is 1. The Balaban J connectivity index is 2.34. The van der Waals surface area contributed by atoms with Crippen LogP contribution in [0.15, 0.2) is 53.3 Å². The van der Waals surface area contributed by atoms with E-state index in [0.717, 1.165) is 17.3 Å². The van der Waals surface area contributed by atoms with Gasteiger partial charge in [-0.3, -0.25) is 4.98 Å². The number of rotatable bonds is 5. The highest BCUT2D eigenvalue weighted by atomic mass is 79.9. The molecule has 2 nitrogen and oxygen atoms in total. The van der Waals surface area contributed by atoms with Gasteiger partial charge in [0.25, 0.3) is 0 Å². The van der Waals surface area contributed by atoms with Gasteiger partial charge in [0.2, 0.25) is 0 Å². The van der Waals surface area contributed by atoms with Crippen molar-refractivity contribution in [3.05, 3.63) is 64.4 Å². The average molecular weight is 306 g/mol. The lowest BCUT2D eigenvalue weighted by atomic mass is 9.88. The standard InChI is InChI=1S/C15H16BrNO/c16-15-8-9-17-11-14(15)13(7-4-10-18)12-5-2-1-3-6-12/h1-3,5-6,8-9,11,13,18H,4,7,10H2. The third kappa shape index (κ3) is 3.18. The Morgan fingerprint density at radius 2 is 1.94 bits per heavy atom. The van der Waals surface area contributed by atoms with Gasteiger partial charge in [-0.2, -0.15) is 0 Å². The maximum atomic E-state index is 9.05. The van der Waals surface area contributed by atoms with E-state index in [2.05, 4.69) is 33.0 Å². The molecule has 0 saturated heterocycles. The summed E-state index contributed by atoms with van der Waals surface area (Å²) in [5.74, 6) is 0.279. The van der Waals surface area contributed by atoms with E-state index in [1.807, 2.05) is 30.5 Å². The fourth-order valence-corrected chi connectivity index (χ4v) is 2.63. The molecule has 0 fully saturated rings. The maximum Gasteiger partial charge on any atom is 0.0431 e. The third-order valence-corrected chi connectivity index (χ3v) is 3.75. The largest absolute Gasteiger partial charge is 0.396 e. The van der Waals surface area contributed by atoms with Gasteiger partial charge in [0, 0.05) is 29.4 Å². The SMILES string of the molecule is OCCCC(c1ccccc1)c1cnccc1Br.